The number of pyridine rings is 1. The Morgan fingerprint density at radius 3 is 2.40 bits per heavy atom. The summed E-state index contributed by atoms with van der Waals surface area (Å²) in [6, 6.07) is 15.6. The van der Waals surface area contributed by atoms with Gasteiger partial charge in [0.2, 0.25) is 0 Å². The maximum absolute atomic E-state index is 10.1. The van der Waals surface area contributed by atoms with Gasteiger partial charge in [-0.05, 0) is 50.6 Å². The molecule has 0 saturated heterocycles. The quantitative estimate of drug-likeness (QED) is 0.582. The summed E-state index contributed by atoms with van der Waals surface area (Å²) < 4.78 is 5.67. The molecule has 4 aromatic rings. The van der Waals surface area contributed by atoms with Crippen molar-refractivity contribution in [2.24, 2.45) is 0 Å². The fourth-order valence-corrected chi connectivity index (χ4v) is 2.86. The van der Waals surface area contributed by atoms with Gasteiger partial charge in [0.25, 0.3) is 0 Å². The molecule has 3 heterocycles. The number of hydrogen-bond donors (Lipinski definition) is 2. The van der Waals surface area contributed by atoms with Crippen LogP contribution in [0.2, 0.25) is 0 Å². The lowest BCUT2D eigenvalue weighted by Gasteiger charge is -2.17. The Kier molecular flexibility index (Phi) is 3.47. The van der Waals surface area contributed by atoms with Gasteiger partial charge in [0.15, 0.2) is 11.4 Å². The number of nitrogens with one attached hydrogen (secondary N) is 1. The van der Waals surface area contributed by atoms with Crippen LogP contribution in [0.15, 0.2) is 52.9 Å². The average molecular weight is 333 g/mol. The summed E-state index contributed by atoms with van der Waals surface area (Å²) in [7, 11) is 0. The lowest BCUT2D eigenvalue weighted by molar-refractivity contribution is 0.0786. The van der Waals surface area contributed by atoms with Crippen LogP contribution < -0.4 is 0 Å². The van der Waals surface area contributed by atoms with E-state index in [2.05, 4.69) is 15.2 Å². The molecule has 0 atom stereocenters. The fourth-order valence-electron chi connectivity index (χ4n) is 2.86. The maximum atomic E-state index is 10.1. The zero-order valence-electron chi connectivity index (χ0n) is 14.4. The van der Waals surface area contributed by atoms with Crippen LogP contribution in [0.3, 0.4) is 0 Å². The van der Waals surface area contributed by atoms with Crippen molar-refractivity contribution >= 4 is 11.0 Å². The van der Waals surface area contributed by atoms with Crippen molar-refractivity contribution in [3.05, 3.63) is 59.9 Å². The molecule has 4 rings (SSSR count). The van der Waals surface area contributed by atoms with E-state index in [0.717, 1.165) is 39.4 Å². The lowest BCUT2D eigenvalue weighted by Crippen LogP contribution is -2.14. The van der Waals surface area contributed by atoms with E-state index in [1.165, 1.54) is 0 Å². The van der Waals surface area contributed by atoms with E-state index >= 15 is 0 Å². The van der Waals surface area contributed by atoms with Crippen LogP contribution in [-0.2, 0) is 5.60 Å². The van der Waals surface area contributed by atoms with Gasteiger partial charge in [0.05, 0.1) is 11.3 Å². The van der Waals surface area contributed by atoms with Gasteiger partial charge in [-0.1, -0.05) is 24.3 Å². The number of aromatic amines is 1. The number of aromatic nitrogens is 3. The van der Waals surface area contributed by atoms with E-state index in [1.54, 1.807) is 13.8 Å². The van der Waals surface area contributed by atoms with Crippen LogP contribution in [0.5, 0.6) is 0 Å². The molecule has 0 saturated carbocycles. The molecular weight excluding hydrogens is 314 g/mol. The standard InChI is InChI=1S/C20H19N3O2/c1-12-4-11-17(25-12)18-15-9-10-16(21-19(15)23-22-18)13-5-7-14(8-6-13)20(2,3)24/h4-11,24H,1-3H3,(H,21,22,23). The van der Waals surface area contributed by atoms with Gasteiger partial charge in [-0.15, -0.1) is 0 Å². The fraction of sp³-hybridized carbons (Fsp3) is 0.200. The van der Waals surface area contributed by atoms with E-state index in [4.69, 9.17) is 4.42 Å². The zero-order valence-corrected chi connectivity index (χ0v) is 14.4. The highest BCUT2D eigenvalue weighted by Gasteiger charge is 2.16. The van der Waals surface area contributed by atoms with Gasteiger partial charge in [-0.2, -0.15) is 5.10 Å². The number of aliphatic hydroxyl groups is 1. The molecule has 0 amide bonds. The van der Waals surface area contributed by atoms with Gasteiger partial charge in [-0.25, -0.2) is 4.98 Å². The van der Waals surface area contributed by atoms with Crippen LogP contribution in [0, 0.1) is 6.92 Å². The highest BCUT2D eigenvalue weighted by molar-refractivity contribution is 5.90. The highest BCUT2D eigenvalue weighted by atomic mass is 16.3. The second-order valence-corrected chi connectivity index (χ2v) is 6.71. The number of hydrogen-bond acceptors (Lipinski definition) is 4. The van der Waals surface area contributed by atoms with Crippen molar-refractivity contribution in [2.75, 3.05) is 0 Å². The third-order valence-corrected chi connectivity index (χ3v) is 4.29. The van der Waals surface area contributed by atoms with E-state index < -0.39 is 5.60 Å². The minimum Gasteiger partial charge on any atom is -0.460 e. The Balaban J connectivity index is 1.73. The summed E-state index contributed by atoms with van der Waals surface area (Å²) in [5.74, 6) is 1.61. The lowest BCUT2D eigenvalue weighted by atomic mass is 9.96. The average Bonchev–Trinajstić information content (AvgIpc) is 3.19. The number of aryl methyl sites for hydroxylation is 1. The summed E-state index contributed by atoms with van der Waals surface area (Å²) in [5, 5.41) is 18.3. The van der Waals surface area contributed by atoms with Crippen molar-refractivity contribution in [1.29, 1.82) is 0 Å². The van der Waals surface area contributed by atoms with Crippen molar-refractivity contribution in [3.8, 4) is 22.7 Å². The SMILES string of the molecule is Cc1ccc(-c2[nH]nc3nc(-c4ccc(C(C)(C)O)cc4)ccc23)o1. The summed E-state index contributed by atoms with van der Waals surface area (Å²) in [4.78, 5) is 4.64. The van der Waals surface area contributed by atoms with Crippen LogP contribution >= 0.6 is 0 Å². The Hall–Kier alpha value is -2.92. The first-order valence-electron chi connectivity index (χ1n) is 8.17. The van der Waals surface area contributed by atoms with Crippen molar-refractivity contribution in [2.45, 2.75) is 26.4 Å². The molecular formula is C20H19N3O2. The number of fused-ring (bicyclic) bond motifs is 1. The largest absolute Gasteiger partial charge is 0.460 e. The molecule has 0 aliphatic carbocycles. The van der Waals surface area contributed by atoms with Gasteiger partial charge < -0.3 is 9.52 Å². The second kappa shape index (κ2) is 5.57. The van der Waals surface area contributed by atoms with Gasteiger partial charge in [0, 0.05) is 10.9 Å². The van der Waals surface area contributed by atoms with Gasteiger partial charge in [0.1, 0.15) is 11.5 Å². The first-order valence-corrected chi connectivity index (χ1v) is 8.17. The first-order chi connectivity index (χ1) is 11.9. The molecule has 0 bridgehead atoms. The minimum atomic E-state index is -0.853. The molecule has 2 N–H and O–H groups in total. The Bertz CT molecular complexity index is 1040. The highest BCUT2D eigenvalue weighted by Crippen LogP contribution is 2.29. The van der Waals surface area contributed by atoms with Gasteiger partial charge in [-0.3, -0.25) is 5.10 Å². The van der Waals surface area contributed by atoms with Crippen LogP contribution in [-0.4, -0.2) is 20.3 Å². The van der Waals surface area contributed by atoms with Gasteiger partial charge >= 0.3 is 0 Å². The molecule has 126 valence electrons. The smallest absolute Gasteiger partial charge is 0.182 e. The summed E-state index contributed by atoms with van der Waals surface area (Å²) >= 11 is 0. The van der Waals surface area contributed by atoms with Crippen LogP contribution in [0.25, 0.3) is 33.7 Å². The van der Waals surface area contributed by atoms with E-state index in [9.17, 15) is 5.11 Å². The minimum absolute atomic E-state index is 0.646. The third-order valence-electron chi connectivity index (χ3n) is 4.29. The summed E-state index contributed by atoms with van der Waals surface area (Å²) in [6.45, 7) is 5.46. The van der Waals surface area contributed by atoms with Crippen molar-refractivity contribution in [3.63, 3.8) is 0 Å². The molecule has 0 radical (unpaired) electrons. The van der Waals surface area contributed by atoms with E-state index in [0.29, 0.717) is 5.65 Å². The Morgan fingerprint density at radius 2 is 1.76 bits per heavy atom. The normalized spacial score (nSPS) is 12.0. The number of benzene rings is 1. The van der Waals surface area contributed by atoms with Crippen molar-refractivity contribution < 1.29 is 9.52 Å². The van der Waals surface area contributed by atoms with Crippen LogP contribution in [0.4, 0.5) is 0 Å². The molecule has 0 aliphatic rings. The number of rotatable bonds is 3. The van der Waals surface area contributed by atoms with E-state index in [1.807, 2.05) is 55.5 Å². The summed E-state index contributed by atoms with van der Waals surface area (Å²) in [6.07, 6.45) is 0. The third kappa shape index (κ3) is 2.83. The molecule has 0 fully saturated rings. The second-order valence-electron chi connectivity index (χ2n) is 6.71. The molecule has 0 aliphatic heterocycles. The molecule has 5 nitrogen and oxygen atoms in total. The molecule has 3 aromatic heterocycles. The topological polar surface area (TPSA) is 74.9 Å². The Labute approximate surface area is 145 Å². The zero-order chi connectivity index (χ0) is 17.6. The monoisotopic (exact) mass is 333 g/mol. The number of H-pyrrole nitrogens is 1. The first kappa shape index (κ1) is 15.6. The number of nitrogens with zero attached hydrogens (tertiary/aromatic N) is 2. The molecule has 1 aromatic carbocycles. The molecule has 0 spiro atoms. The summed E-state index contributed by atoms with van der Waals surface area (Å²) in [5.41, 5.74) is 3.31. The predicted octanol–water partition coefficient (Wildman–Crippen LogP) is 4.42. The van der Waals surface area contributed by atoms with Crippen molar-refractivity contribution in [1.82, 2.24) is 15.2 Å². The van der Waals surface area contributed by atoms with Crippen LogP contribution in [0.1, 0.15) is 25.2 Å². The predicted molar refractivity (Wildman–Crippen MR) is 97.0 cm³/mol. The maximum Gasteiger partial charge on any atom is 0.182 e. The molecule has 25 heavy (non-hydrogen) atoms. The number of furan rings is 1. The molecule has 5 heteroatoms. The molecule has 0 unspecified atom stereocenters. The van der Waals surface area contributed by atoms with E-state index in [-0.39, 0.29) is 0 Å². The Morgan fingerprint density at radius 1 is 1.00 bits per heavy atom.